The molecule has 2 rings (SSSR count). The van der Waals surface area contributed by atoms with Gasteiger partial charge in [-0.2, -0.15) is 10.5 Å². The van der Waals surface area contributed by atoms with Gasteiger partial charge in [0.15, 0.2) is 0 Å². The van der Waals surface area contributed by atoms with Gasteiger partial charge in [0.2, 0.25) is 0 Å². The summed E-state index contributed by atoms with van der Waals surface area (Å²) in [6.07, 6.45) is 1.16. The molecule has 18 heavy (non-hydrogen) atoms. The van der Waals surface area contributed by atoms with E-state index in [0.29, 0.717) is 35.5 Å². The highest BCUT2D eigenvalue weighted by Gasteiger charge is 2.61. The van der Waals surface area contributed by atoms with E-state index in [9.17, 15) is 10.5 Å². The molecule has 2 aliphatic carbocycles. The molecule has 0 aromatic heterocycles. The molecule has 0 heterocycles. The van der Waals surface area contributed by atoms with Gasteiger partial charge in [-0.3, -0.25) is 0 Å². The van der Waals surface area contributed by atoms with E-state index in [1.54, 1.807) is 14.2 Å². The number of nitrogens with zero attached hydrogens (tertiary/aromatic N) is 2. The molecule has 4 nitrogen and oxygen atoms in total. The Morgan fingerprint density at radius 1 is 0.889 bits per heavy atom. The Labute approximate surface area is 107 Å². The largest absolute Gasteiger partial charge is 0.500 e. The van der Waals surface area contributed by atoms with Crippen molar-refractivity contribution in [1.29, 1.82) is 10.5 Å². The van der Waals surface area contributed by atoms with E-state index in [4.69, 9.17) is 9.47 Å². The maximum Gasteiger partial charge on any atom is 0.111 e. The third-order valence-electron chi connectivity index (χ3n) is 4.62. The molecule has 0 spiro atoms. The minimum absolute atomic E-state index is 0.399. The fourth-order valence-electron chi connectivity index (χ4n) is 3.27. The fraction of sp³-hybridized carbons (Fsp3) is 0.571. The van der Waals surface area contributed by atoms with E-state index in [-0.39, 0.29) is 0 Å². The van der Waals surface area contributed by atoms with Crippen molar-refractivity contribution in [3.8, 4) is 12.1 Å². The van der Waals surface area contributed by atoms with E-state index in [2.05, 4.69) is 12.1 Å². The van der Waals surface area contributed by atoms with Gasteiger partial charge in [-0.15, -0.1) is 0 Å². The molecule has 0 saturated carbocycles. The van der Waals surface area contributed by atoms with Gasteiger partial charge in [-0.1, -0.05) is 13.8 Å². The predicted octanol–water partition coefficient (Wildman–Crippen LogP) is 2.65. The van der Waals surface area contributed by atoms with Crippen LogP contribution in [0, 0.1) is 33.5 Å². The lowest BCUT2D eigenvalue weighted by Gasteiger charge is -2.34. The number of hydrogen-bond donors (Lipinski definition) is 0. The normalized spacial score (nSPS) is 34.1. The van der Waals surface area contributed by atoms with Crippen molar-refractivity contribution in [3.63, 3.8) is 0 Å². The summed E-state index contributed by atoms with van der Waals surface area (Å²) in [5.74, 6) is 1.40. The van der Waals surface area contributed by atoms with Crippen LogP contribution in [-0.2, 0) is 9.47 Å². The van der Waals surface area contributed by atoms with Gasteiger partial charge in [-0.05, 0) is 0 Å². The number of rotatable bonds is 2. The minimum Gasteiger partial charge on any atom is -0.500 e. The van der Waals surface area contributed by atoms with Gasteiger partial charge in [0, 0.05) is 23.7 Å². The van der Waals surface area contributed by atoms with Crippen LogP contribution in [-0.4, -0.2) is 14.2 Å². The Bertz CT molecular complexity index is 497. The van der Waals surface area contributed by atoms with Crippen LogP contribution in [0.2, 0.25) is 0 Å². The average molecular weight is 244 g/mol. The molecule has 0 amide bonds. The Hall–Kier alpha value is -1.94. The SMILES string of the molecule is COC1=C(C#N)C2(C)CC(OC)=C(C#N)C2(C)C1. The summed E-state index contributed by atoms with van der Waals surface area (Å²) < 4.78 is 10.7. The van der Waals surface area contributed by atoms with Crippen LogP contribution >= 0.6 is 0 Å². The molecule has 0 N–H and O–H groups in total. The molecule has 94 valence electrons. The van der Waals surface area contributed by atoms with Crippen molar-refractivity contribution in [3.05, 3.63) is 22.7 Å². The Morgan fingerprint density at radius 2 is 1.22 bits per heavy atom. The highest BCUT2D eigenvalue weighted by molar-refractivity contribution is 5.53. The third-order valence-corrected chi connectivity index (χ3v) is 4.62. The molecule has 0 fully saturated rings. The highest BCUT2D eigenvalue weighted by Crippen LogP contribution is 2.66. The van der Waals surface area contributed by atoms with Crippen molar-refractivity contribution in [2.45, 2.75) is 26.7 Å². The van der Waals surface area contributed by atoms with Gasteiger partial charge in [0.05, 0.1) is 37.5 Å². The number of allylic oxidation sites excluding steroid dienone is 4. The first-order valence-corrected chi connectivity index (χ1v) is 5.84. The monoisotopic (exact) mass is 244 g/mol. The second-order valence-electron chi connectivity index (χ2n) is 5.25. The molecular weight excluding hydrogens is 228 g/mol. The molecule has 0 aliphatic heterocycles. The van der Waals surface area contributed by atoms with Crippen molar-refractivity contribution in [1.82, 2.24) is 0 Å². The molecular formula is C14H16N2O2. The lowest BCUT2D eigenvalue weighted by molar-refractivity contribution is 0.189. The quantitative estimate of drug-likeness (QED) is 0.749. The summed E-state index contributed by atoms with van der Waals surface area (Å²) in [7, 11) is 3.15. The topological polar surface area (TPSA) is 66.0 Å². The Balaban J connectivity index is 2.61. The molecule has 2 unspecified atom stereocenters. The first-order chi connectivity index (χ1) is 8.48. The van der Waals surface area contributed by atoms with Gasteiger partial charge in [0.25, 0.3) is 0 Å². The van der Waals surface area contributed by atoms with Crippen LogP contribution in [0.3, 0.4) is 0 Å². The van der Waals surface area contributed by atoms with E-state index in [1.165, 1.54) is 0 Å². The summed E-state index contributed by atoms with van der Waals surface area (Å²) in [5, 5.41) is 18.8. The Morgan fingerprint density at radius 3 is 1.44 bits per heavy atom. The van der Waals surface area contributed by atoms with E-state index in [0.717, 1.165) is 0 Å². The number of methoxy groups -OCH3 is 2. The van der Waals surface area contributed by atoms with Crippen LogP contribution in [0.4, 0.5) is 0 Å². The molecule has 4 heteroatoms. The number of ether oxygens (including phenoxy) is 2. The van der Waals surface area contributed by atoms with Crippen molar-refractivity contribution >= 4 is 0 Å². The van der Waals surface area contributed by atoms with Crippen LogP contribution < -0.4 is 0 Å². The van der Waals surface area contributed by atoms with Crippen LogP contribution in [0.15, 0.2) is 22.7 Å². The van der Waals surface area contributed by atoms with Crippen molar-refractivity contribution < 1.29 is 9.47 Å². The number of nitriles is 2. The zero-order chi connectivity index (χ0) is 13.6. The van der Waals surface area contributed by atoms with E-state index in [1.807, 2.05) is 13.8 Å². The smallest absolute Gasteiger partial charge is 0.111 e. The molecule has 2 atom stereocenters. The summed E-state index contributed by atoms with van der Waals surface area (Å²) in [4.78, 5) is 0. The maximum absolute atomic E-state index is 9.38. The summed E-state index contributed by atoms with van der Waals surface area (Å²) in [5.41, 5.74) is 0.493. The number of fused-ring (bicyclic) bond motifs is 1. The second-order valence-corrected chi connectivity index (χ2v) is 5.25. The maximum atomic E-state index is 9.38. The summed E-state index contributed by atoms with van der Waals surface area (Å²) in [6, 6.07) is 4.51. The van der Waals surface area contributed by atoms with Gasteiger partial charge >= 0.3 is 0 Å². The van der Waals surface area contributed by atoms with Crippen LogP contribution in [0.5, 0.6) is 0 Å². The van der Waals surface area contributed by atoms with E-state index < -0.39 is 10.8 Å². The minimum atomic E-state index is -0.399. The van der Waals surface area contributed by atoms with E-state index >= 15 is 0 Å². The first kappa shape index (κ1) is 12.5. The second kappa shape index (κ2) is 3.78. The third kappa shape index (κ3) is 1.18. The molecule has 0 bridgehead atoms. The highest BCUT2D eigenvalue weighted by atomic mass is 16.5. The lowest BCUT2D eigenvalue weighted by Crippen LogP contribution is -2.31. The fourth-order valence-corrected chi connectivity index (χ4v) is 3.27. The first-order valence-electron chi connectivity index (χ1n) is 5.84. The summed E-state index contributed by atoms with van der Waals surface area (Å²) >= 11 is 0. The van der Waals surface area contributed by atoms with Crippen molar-refractivity contribution in [2.24, 2.45) is 10.8 Å². The molecule has 0 aromatic carbocycles. The van der Waals surface area contributed by atoms with Gasteiger partial charge in [-0.25, -0.2) is 0 Å². The van der Waals surface area contributed by atoms with Crippen molar-refractivity contribution in [2.75, 3.05) is 14.2 Å². The molecule has 2 aliphatic rings. The zero-order valence-corrected chi connectivity index (χ0v) is 11.1. The number of hydrogen-bond acceptors (Lipinski definition) is 4. The molecule has 0 saturated heterocycles. The standard InChI is InChI=1S/C14H16N2O2/c1-13-5-11(17-3)10(8-16)14(13,2)6-12(18-4)9(13)7-15/h5-6H2,1-4H3. The summed E-state index contributed by atoms with van der Waals surface area (Å²) in [6.45, 7) is 4.03. The molecule has 0 aromatic rings. The van der Waals surface area contributed by atoms with Gasteiger partial charge < -0.3 is 9.47 Å². The van der Waals surface area contributed by atoms with Crippen LogP contribution in [0.1, 0.15) is 26.7 Å². The Kier molecular flexibility index (Phi) is 2.63. The van der Waals surface area contributed by atoms with Crippen LogP contribution in [0.25, 0.3) is 0 Å². The zero-order valence-electron chi connectivity index (χ0n) is 11.1. The predicted molar refractivity (Wildman–Crippen MR) is 64.7 cm³/mol. The van der Waals surface area contributed by atoms with Gasteiger partial charge in [0.1, 0.15) is 11.5 Å². The molecule has 0 radical (unpaired) electrons. The lowest BCUT2D eigenvalue weighted by atomic mass is 9.65. The average Bonchev–Trinajstić information content (AvgIpc) is 2.70.